The van der Waals surface area contributed by atoms with Gasteiger partial charge in [0.15, 0.2) is 0 Å². The molecule has 21 heavy (non-hydrogen) atoms. The monoisotopic (exact) mass is 392 g/mol. The molecule has 0 spiro atoms. The van der Waals surface area contributed by atoms with Gasteiger partial charge in [-0.2, -0.15) is 4.98 Å². The molecule has 0 radical (unpaired) electrons. The van der Waals surface area contributed by atoms with Crippen LogP contribution in [0.15, 0.2) is 33.6 Å². The van der Waals surface area contributed by atoms with Crippen LogP contribution in [-0.4, -0.2) is 25.5 Å². The van der Waals surface area contributed by atoms with Crippen LogP contribution < -0.4 is 15.2 Å². The van der Waals surface area contributed by atoms with Crippen LogP contribution in [0.3, 0.4) is 0 Å². The van der Waals surface area contributed by atoms with Gasteiger partial charge >= 0.3 is 0 Å². The van der Waals surface area contributed by atoms with Gasteiger partial charge in [0.25, 0.3) is 10.0 Å². The van der Waals surface area contributed by atoms with Crippen molar-refractivity contribution in [2.24, 2.45) is 0 Å². The number of anilines is 2. The first-order valence-corrected chi connectivity index (χ1v) is 8.13. The minimum absolute atomic E-state index is 0.0433. The molecule has 0 saturated carbocycles. The van der Waals surface area contributed by atoms with Crippen LogP contribution in [0.2, 0.25) is 5.15 Å². The molecule has 112 valence electrons. The number of nitrogens with one attached hydrogen (secondary N) is 1. The van der Waals surface area contributed by atoms with E-state index in [2.05, 4.69) is 30.6 Å². The maximum atomic E-state index is 12.3. The second-order valence-electron chi connectivity index (χ2n) is 3.84. The fraction of sp³-hybridized carbons (Fsp3) is 0.0909. The molecule has 1 aromatic heterocycles. The van der Waals surface area contributed by atoms with E-state index < -0.39 is 10.0 Å². The van der Waals surface area contributed by atoms with E-state index in [-0.39, 0.29) is 27.6 Å². The van der Waals surface area contributed by atoms with Gasteiger partial charge < -0.3 is 10.5 Å². The molecular formula is C11H10BrClN4O3S. The lowest BCUT2D eigenvalue weighted by atomic mass is 10.3. The summed E-state index contributed by atoms with van der Waals surface area (Å²) in [5.41, 5.74) is 5.78. The van der Waals surface area contributed by atoms with Crippen LogP contribution in [0.1, 0.15) is 0 Å². The van der Waals surface area contributed by atoms with Gasteiger partial charge in [-0.25, -0.2) is 18.1 Å². The molecule has 3 N–H and O–H groups in total. The molecule has 0 aliphatic rings. The van der Waals surface area contributed by atoms with Crippen molar-refractivity contribution >= 4 is 49.2 Å². The van der Waals surface area contributed by atoms with Gasteiger partial charge in [0.1, 0.15) is 10.0 Å². The van der Waals surface area contributed by atoms with Gasteiger partial charge in [0, 0.05) is 10.5 Å². The average Bonchev–Trinajstić information content (AvgIpc) is 2.40. The highest BCUT2D eigenvalue weighted by molar-refractivity contribution is 9.10. The van der Waals surface area contributed by atoms with E-state index in [4.69, 9.17) is 22.1 Å². The third-order valence-corrected chi connectivity index (χ3v) is 4.44. The van der Waals surface area contributed by atoms with Crippen molar-refractivity contribution in [2.45, 2.75) is 4.90 Å². The van der Waals surface area contributed by atoms with Crippen LogP contribution in [0.5, 0.6) is 5.88 Å². The molecule has 0 aliphatic carbocycles. The Balaban J connectivity index is 2.42. The van der Waals surface area contributed by atoms with Crippen molar-refractivity contribution in [1.82, 2.24) is 9.97 Å². The summed E-state index contributed by atoms with van der Waals surface area (Å²) in [5.74, 6) is -0.0753. The maximum Gasteiger partial charge on any atom is 0.266 e. The standard InChI is InChI=1S/C11H10BrClN4O3S/c1-20-10-5-9(13)15-11(16-10)17-21(18,19)8-4-6(12)2-3-7(8)14/h2-5H,14H2,1H3,(H,15,16,17). The van der Waals surface area contributed by atoms with Crippen molar-refractivity contribution in [3.05, 3.63) is 33.9 Å². The molecular weight excluding hydrogens is 384 g/mol. The molecule has 2 rings (SSSR count). The predicted molar refractivity (Wildman–Crippen MR) is 83.0 cm³/mol. The van der Waals surface area contributed by atoms with Crippen LogP contribution in [0.25, 0.3) is 0 Å². The van der Waals surface area contributed by atoms with Gasteiger partial charge in [-0.1, -0.05) is 27.5 Å². The molecule has 7 nitrogen and oxygen atoms in total. The Morgan fingerprint density at radius 3 is 2.71 bits per heavy atom. The lowest BCUT2D eigenvalue weighted by molar-refractivity contribution is 0.397. The number of hydrogen-bond acceptors (Lipinski definition) is 6. The molecule has 0 atom stereocenters. The Morgan fingerprint density at radius 2 is 2.05 bits per heavy atom. The van der Waals surface area contributed by atoms with Crippen molar-refractivity contribution in [3.8, 4) is 5.88 Å². The first-order chi connectivity index (χ1) is 9.81. The Bertz CT molecular complexity index is 785. The summed E-state index contributed by atoms with van der Waals surface area (Å²) in [6.07, 6.45) is 0. The van der Waals surface area contributed by atoms with E-state index in [9.17, 15) is 8.42 Å². The van der Waals surface area contributed by atoms with Crippen molar-refractivity contribution in [3.63, 3.8) is 0 Å². The highest BCUT2D eigenvalue weighted by Gasteiger charge is 2.20. The largest absolute Gasteiger partial charge is 0.481 e. The highest BCUT2D eigenvalue weighted by Crippen LogP contribution is 2.25. The molecule has 2 aromatic rings. The normalized spacial score (nSPS) is 11.2. The van der Waals surface area contributed by atoms with E-state index >= 15 is 0 Å². The summed E-state index contributed by atoms with van der Waals surface area (Å²) in [6, 6.07) is 5.83. The smallest absolute Gasteiger partial charge is 0.266 e. The fourth-order valence-electron chi connectivity index (χ4n) is 1.46. The van der Waals surface area contributed by atoms with Crippen LogP contribution in [-0.2, 0) is 10.0 Å². The summed E-state index contributed by atoms with van der Waals surface area (Å²) < 4.78 is 32.3. The fourth-order valence-corrected chi connectivity index (χ4v) is 3.25. The molecule has 1 aromatic carbocycles. The Kier molecular flexibility index (Phi) is 4.55. The van der Waals surface area contributed by atoms with Crippen LogP contribution in [0, 0.1) is 0 Å². The van der Waals surface area contributed by atoms with E-state index in [0.717, 1.165) is 0 Å². The van der Waals surface area contributed by atoms with Crippen LogP contribution >= 0.6 is 27.5 Å². The van der Waals surface area contributed by atoms with E-state index in [1.54, 1.807) is 6.07 Å². The van der Waals surface area contributed by atoms with E-state index in [0.29, 0.717) is 4.47 Å². The third-order valence-electron chi connectivity index (χ3n) is 2.37. The second kappa shape index (κ2) is 6.04. The van der Waals surface area contributed by atoms with Crippen LogP contribution in [0.4, 0.5) is 11.6 Å². The molecule has 0 bridgehead atoms. The number of benzene rings is 1. The lowest BCUT2D eigenvalue weighted by Gasteiger charge is -2.10. The SMILES string of the molecule is COc1cc(Cl)nc(NS(=O)(=O)c2cc(Br)ccc2N)n1. The zero-order valence-electron chi connectivity index (χ0n) is 10.7. The molecule has 0 amide bonds. The van der Waals surface area contributed by atoms with Crippen molar-refractivity contribution in [2.75, 3.05) is 17.6 Å². The minimum Gasteiger partial charge on any atom is -0.481 e. The first-order valence-electron chi connectivity index (χ1n) is 5.48. The van der Waals surface area contributed by atoms with Crippen molar-refractivity contribution in [1.29, 1.82) is 0 Å². The highest BCUT2D eigenvalue weighted by atomic mass is 79.9. The number of methoxy groups -OCH3 is 1. The summed E-state index contributed by atoms with van der Waals surface area (Å²) in [6.45, 7) is 0. The number of nitrogens with zero attached hydrogens (tertiary/aromatic N) is 2. The number of sulfonamides is 1. The predicted octanol–water partition coefficient (Wildman–Crippen LogP) is 2.28. The number of aromatic nitrogens is 2. The first kappa shape index (κ1) is 15.8. The topological polar surface area (TPSA) is 107 Å². The quantitative estimate of drug-likeness (QED) is 0.609. The van der Waals surface area contributed by atoms with E-state index in [1.165, 1.54) is 25.3 Å². The zero-order valence-corrected chi connectivity index (χ0v) is 13.8. The van der Waals surface area contributed by atoms with Gasteiger partial charge in [0.05, 0.1) is 12.8 Å². The number of rotatable bonds is 4. The molecule has 0 unspecified atom stereocenters. The number of nitrogen functional groups attached to an aromatic ring is 1. The van der Waals surface area contributed by atoms with Gasteiger partial charge in [0.2, 0.25) is 11.8 Å². The number of hydrogen-bond donors (Lipinski definition) is 2. The molecule has 0 saturated heterocycles. The number of nitrogens with two attached hydrogens (primary N) is 1. The Labute approximate surface area is 134 Å². The third kappa shape index (κ3) is 3.74. The van der Waals surface area contributed by atoms with Crippen molar-refractivity contribution < 1.29 is 13.2 Å². The van der Waals surface area contributed by atoms with E-state index in [1.807, 2.05) is 0 Å². The second-order valence-corrected chi connectivity index (χ2v) is 6.80. The summed E-state index contributed by atoms with van der Waals surface area (Å²) >= 11 is 8.95. The number of halogens is 2. The number of ether oxygens (including phenoxy) is 1. The summed E-state index contributed by atoms with van der Waals surface area (Å²) in [4.78, 5) is 7.53. The summed E-state index contributed by atoms with van der Waals surface area (Å²) in [7, 11) is -2.57. The molecule has 0 fully saturated rings. The molecule has 10 heteroatoms. The molecule has 1 heterocycles. The lowest BCUT2D eigenvalue weighted by Crippen LogP contribution is -2.17. The van der Waals surface area contributed by atoms with Gasteiger partial charge in [-0.05, 0) is 18.2 Å². The summed E-state index contributed by atoms with van der Waals surface area (Å²) in [5, 5.41) is 0.0433. The maximum absolute atomic E-state index is 12.3. The molecule has 0 aliphatic heterocycles. The zero-order chi connectivity index (χ0) is 15.6. The van der Waals surface area contributed by atoms with Gasteiger partial charge in [-0.15, -0.1) is 0 Å². The van der Waals surface area contributed by atoms with Gasteiger partial charge in [-0.3, -0.25) is 0 Å². The Hall–Kier alpha value is -1.58. The average molecular weight is 394 g/mol. The minimum atomic E-state index is -3.95. The Morgan fingerprint density at radius 1 is 1.33 bits per heavy atom.